The van der Waals surface area contributed by atoms with Crippen molar-refractivity contribution in [3.63, 3.8) is 0 Å². The number of guanidine groups is 1. The molecule has 0 spiro atoms. The zero-order chi connectivity index (χ0) is 21.3. The van der Waals surface area contributed by atoms with Crippen molar-refractivity contribution in [1.82, 2.24) is 10.6 Å². The lowest BCUT2D eigenvalue weighted by molar-refractivity contribution is 0.145. The van der Waals surface area contributed by atoms with Gasteiger partial charge in [0.25, 0.3) is 0 Å². The summed E-state index contributed by atoms with van der Waals surface area (Å²) in [6, 6.07) is 13.1. The Balaban J connectivity index is 1.60. The summed E-state index contributed by atoms with van der Waals surface area (Å²) < 4.78 is 19.8. The molecule has 1 aliphatic heterocycles. The molecule has 1 saturated heterocycles. The molecule has 3 rings (SSSR count). The molecule has 3 N–H and O–H groups in total. The largest absolute Gasteiger partial charge is 0.497 e. The van der Waals surface area contributed by atoms with Crippen LogP contribution in [0.3, 0.4) is 0 Å². The number of aliphatic hydroxyl groups is 1. The molecule has 2 aromatic rings. The van der Waals surface area contributed by atoms with E-state index in [1.807, 2.05) is 48.2 Å². The van der Waals surface area contributed by atoms with Gasteiger partial charge in [0.1, 0.15) is 11.6 Å². The second-order valence-electron chi connectivity index (χ2n) is 7.40. The molecule has 1 heterocycles. The zero-order valence-corrected chi connectivity index (χ0v) is 17.7. The number of anilines is 1. The van der Waals surface area contributed by atoms with Gasteiger partial charge in [0.2, 0.25) is 0 Å². The van der Waals surface area contributed by atoms with E-state index >= 15 is 0 Å². The minimum atomic E-state index is -0.271. The molecule has 0 radical (unpaired) electrons. The molecule has 0 saturated carbocycles. The van der Waals surface area contributed by atoms with Crippen molar-refractivity contribution in [3.8, 4) is 5.75 Å². The summed E-state index contributed by atoms with van der Waals surface area (Å²) in [4.78, 5) is 6.58. The van der Waals surface area contributed by atoms with Gasteiger partial charge in [-0.25, -0.2) is 9.38 Å². The molecule has 1 aliphatic rings. The van der Waals surface area contributed by atoms with Crippen molar-refractivity contribution in [2.75, 3.05) is 31.6 Å². The molecule has 6 nitrogen and oxygen atoms in total. The van der Waals surface area contributed by atoms with Crippen LogP contribution in [0.15, 0.2) is 47.5 Å². The fourth-order valence-electron chi connectivity index (χ4n) is 3.45. The lowest BCUT2D eigenvalue weighted by Crippen LogP contribution is -2.36. The average Bonchev–Trinajstić information content (AvgIpc) is 2.77. The van der Waals surface area contributed by atoms with Gasteiger partial charge in [0, 0.05) is 26.2 Å². The second kappa shape index (κ2) is 10.8. The van der Waals surface area contributed by atoms with Gasteiger partial charge < -0.3 is 25.4 Å². The summed E-state index contributed by atoms with van der Waals surface area (Å²) in [5, 5.41) is 16.2. The lowest BCUT2D eigenvalue weighted by Gasteiger charge is -2.31. The molecule has 162 valence electrons. The van der Waals surface area contributed by atoms with Crippen LogP contribution in [0, 0.1) is 5.82 Å². The van der Waals surface area contributed by atoms with E-state index in [2.05, 4.69) is 15.6 Å². The minimum Gasteiger partial charge on any atom is -0.497 e. The molecule has 0 bridgehead atoms. The van der Waals surface area contributed by atoms with Crippen LogP contribution in [0.2, 0.25) is 0 Å². The predicted octanol–water partition coefficient (Wildman–Crippen LogP) is 3.05. The monoisotopic (exact) mass is 414 g/mol. The molecule has 0 unspecified atom stereocenters. The van der Waals surface area contributed by atoms with E-state index in [0.29, 0.717) is 50.7 Å². The van der Waals surface area contributed by atoms with Crippen LogP contribution in [0.25, 0.3) is 0 Å². The summed E-state index contributed by atoms with van der Waals surface area (Å²) in [5.41, 5.74) is 2.53. The minimum absolute atomic E-state index is 0.240. The Morgan fingerprint density at radius 1 is 1.13 bits per heavy atom. The fraction of sp³-hybridized carbons (Fsp3) is 0.435. The van der Waals surface area contributed by atoms with Crippen LogP contribution in [0.1, 0.15) is 30.9 Å². The third-order valence-corrected chi connectivity index (χ3v) is 5.20. The van der Waals surface area contributed by atoms with E-state index < -0.39 is 0 Å². The Morgan fingerprint density at radius 2 is 1.83 bits per heavy atom. The number of nitrogens with one attached hydrogen (secondary N) is 2. The topological polar surface area (TPSA) is 69.1 Å². The molecule has 30 heavy (non-hydrogen) atoms. The van der Waals surface area contributed by atoms with Gasteiger partial charge in [-0.15, -0.1) is 0 Å². The number of ether oxygens (including phenoxy) is 1. The van der Waals surface area contributed by atoms with Crippen LogP contribution < -0.4 is 20.3 Å². The van der Waals surface area contributed by atoms with Crippen LogP contribution in [0.4, 0.5) is 10.1 Å². The van der Waals surface area contributed by atoms with Crippen molar-refractivity contribution in [3.05, 3.63) is 59.4 Å². The van der Waals surface area contributed by atoms with Gasteiger partial charge in [-0.2, -0.15) is 0 Å². The van der Waals surface area contributed by atoms with Gasteiger partial charge in [-0.3, -0.25) is 0 Å². The SMILES string of the molecule is CCNC(=NCc1ccc(N2CCC(O)CC2)c(F)c1)NCc1ccc(OC)cc1. The van der Waals surface area contributed by atoms with Crippen molar-refractivity contribution in [2.45, 2.75) is 39.0 Å². The molecule has 7 heteroatoms. The van der Waals surface area contributed by atoms with E-state index in [1.165, 1.54) is 0 Å². The molecule has 0 atom stereocenters. The van der Waals surface area contributed by atoms with Gasteiger partial charge in [-0.1, -0.05) is 18.2 Å². The predicted molar refractivity (Wildman–Crippen MR) is 119 cm³/mol. The third-order valence-electron chi connectivity index (χ3n) is 5.20. The lowest BCUT2D eigenvalue weighted by atomic mass is 10.1. The molecule has 0 amide bonds. The summed E-state index contributed by atoms with van der Waals surface area (Å²) in [7, 11) is 1.65. The Bertz CT molecular complexity index is 834. The zero-order valence-electron chi connectivity index (χ0n) is 17.7. The molecular weight excluding hydrogens is 383 g/mol. The standard InChI is InChI=1S/C23H31FN4O2/c1-3-25-23(26-15-17-4-7-20(30-2)8-5-17)27-16-18-6-9-22(21(24)14-18)28-12-10-19(29)11-13-28/h4-9,14,19,29H,3,10-13,15-16H2,1-2H3,(H2,25,26,27). The highest BCUT2D eigenvalue weighted by Gasteiger charge is 2.19. The number of aliphatic hydroxyl groups excluding tert-OH is 1. The van der Waals surface area contributed by atoms with E-state index in [9.17, 15) is 9.50 Å². The number of hydrogen-bond donors (Lipinski definition) is 3. The smallest absolute Gasteiger partial charge is 0.191 e. The normalized spacial score (nSPS) is 15.2. The highest BCUT2D eigenvalue weighted by molar-refractivity contribution is 5.79. The maximum Gasteiger partial charge on any atom is 0.191 e. The first-order chi connectivity index (χ1) is 14.6. The first-order valence-corrected chi connectivity index (χ1v) is 10.5. The highest BCUT2D eigenvalue weighted by atomic mass is 19.1. The van der Waals surface area contributed by atoms with Crippen LogP contribution >= 0.6 is 0 Å². The van der Waals surface area contributed by atoms with Crippen molar-refractivity contribution in [1.29, 1.82) is 0 Å². The number of piperidine rings is 1. The number of hydrogen-bond acceptors (Lipinski definition) is 4. The summed E-state index contributed by atoms with van der Waals surface area (Å²) >= 11 is 0. The fourth-order valence-corrected chi connectivity index (χ4v) is 3.45. The highest BCUT2D eigenvalue weighted by Crippen LogP contribution is 2.24. The molecule has 0 aromatic heterocycles. The quantitative estimate of drug-likeness (QED) is 0.480. The van der Waals surface area contributed by atoms with Gasteiger partial charge in [-0.05, 0) is 55.2 Å². The summed E-state index contributed by atoms with van der Waals surface area (Å²) in [6.07, 6.45) is 1.09. The Labute approximate surface area is 177 Å². The van der Waals surface area contributed by atoms with E-state index in [-0.39, 0.29) is 11.9 Å². The number of aliphatic imine (C=N–C) groups is 1. The van der Waals surface area contributed by atoms with Crippen LogP contribution in [-0.2, 0) is 13.1 Å². The number of halogens is 1. The number of benzene rings is 2. The Kier molecular flexibility index (Phi) is 7.90. The van der Waals surface area contributed by atoms with E-state index in [4.69, 9.17) is 4.74 Å². The molecule has 0 aliphatic carbocycles. The number of methoxy groups -OCH3 is 1. The van der Waals surface area contributed by atoms with Gasteiger partial charge >= 0.3 is 0 Å². The second-order valence-corrected chi connectivity index (χ2v) is 7.40. The van der Waals surface area contributed by atoms with Gasteiger partial charge in [0.05, 0.1) is 25.4 Å². The van der Waals surface area contributed by atoms with Crippen molar-refractivity contribution < 1.29 is 14.2 Å². The average molecular weight is 415 g/mol. The molecule has 1 fully saturated rings. The van der Waals surface area contributed by atoms with E-state index in [0.717, 1.165) is 23.4 Å². The van der Waals surface area contributed by atoms with Crippen molar-refractivity contribution in [2.24, 2.45) is 4.99 Å². The van der Waals surface area contributed by atoms with Gasteiger partial charge in [0.15, 0.2) is 5.96 Å². The van der Waals surface area contributed by atoms with Crippen LogP contribution in [-0.4, -0.2) is 43.9 Å². The van der Waals surface area contributed by atoms with Crippen molar-refractivity contribution >= 4 is 11.6 Å². The summed E-state index contributed by atoms with van der Waals surface area (Å²) in [6.45, 7) is 5.11. The maximum absolute atomic E-state index is 14.6. The molecular formula is C23H31FN4O2. The Morgan fingerprint density at radius 3 is 2.47 bits per heavy atom. The number of nitrogens with zero attached hydrogens (tertiary/aromatic N) is 2. The third kappa shape index (κ3) is 6.10. The first kappa shape index (κ1) is 21.9. The summed E-state index contributed by atoms with van der Waals surface area (Å²) in [5.74, 6) is 1.27. The number of rotatable bonds is 7. The van der Waals surface area contributed by atoms with Crippen LogP contribution in [0.5, 0.6) is 5.75 Å². The first-order valence-electron chi connectivity index (χ1n) is 10.5. The molecule has 2 aromatic carbocycles. The maximum atomic E-state index is 14.6. The van der Waals surface area contributed by atoms with E-state index in [1.54, 1.807) is 13.2 Å². The Hall–Kier alpha value is -2.80.